The summed E-state index contributed by atoms with van der Waals surface area (Å²) < 4.78 is 59.4. The average Bonchev–Trinajstić information content (AvgIpc) is 3.35. The lowest BCUT2D eigenvalue weighted by Gasteiger charge is -2.43. The molecule has 246 valence electrons. The van der Waals surface area contributed by atoms with E-state index in [1.165, 1.54) is 0 Å². The Bertz CT molecular complexity index is 1380. The van der Waals surface area contributed by atoms with Gasteiger partial charge in [0.05, 0.1) is 51.3 Å². The summed E-state index contributed by atoms with van der Waals surface area (Å²) in [6, 6.07) is 28.0. The van der Waals surface area contributed by atoms with Gasteiger partial charge in [0.1, 0.15) is 18.3 Å². The zero-order valence-corrected chi connectivity index (χ0v) is 26.4. The number of hydrogen-bond donors (Lipinski definition) is 0. The van der Waals surface area contributed by atoms with Crippen molar-refractivity contribution in [1.82, 2.24) is 0 Å². The highest BCUT2D eigenvalue weighted by Gasteiger charge is 2.50. The van der Waals surface area contributed by atoms with Crippen molar-refractivity contribution in [2.45, 2.75) is 95.4 Å². The van der Waals surface area contributed by atoms with E-state index in [1.54, 1.807) is 13.8 Å². The molecule has 11 heteroatoms. The first-order chi connectivity index (χ1) is 22.3. The molecule has 0 N–H and O–H groups in total. The van der Waals surface area contributed by atoms with Crippen LogP contribution in [0.2, 0.25) is 0 Å². The molecule has 2 heterocycles. The van der Waals surface area contributed by atoms with Gasteiger partial charge in [0, 0.05) is 4.91 Å². The second-order valence-electron chi connectivity index (χ2n) is 11.9. The highest BCUT2D eigenvalue weighted by Crippen LogP contribution is 2.34. The van der Waals surface area contributed by atoms with Gasteiger partial charge in [0.25, 0.3) is 0 Å². The van der Waals surface area contributed by atoms with Crippen LogP contribution in [0.5, 0.6) is 0 Å². The van der Waals surface area contributed by atoms with E-state index in [0.717, 1.165) is 16.7 Å². The van der Waals surface area contributed by atoms with Gasteiger partial charge < -0.3 is 33.2 Å². The highest BCUT2D eigenvalue weighted by atomic mass is 19.1. The molecule has 46 heavy (non-hydrogen) atoms. The molecule has 3 aromatic carbocycles. The largest absolute Gasteiger partial charge is 0.374 e. The van der Waals surface area contributed by atoms with Gasteiger partial charge in [-0.05, 0) is 43.0 Å². The summed E-state index contributed by atoms with van der Waals surface area (Å²) in [5.41, 5.74) is 12.1. The molecule has 8 atom stereocenters. The summed E-state index contributed by atoms with van der Waals surface area (Å²) >= 11 is 0. The Morgan fingerprint density at radius 3 is 1.87 bits per heavy atom. The van der Waals surface area contributed by atoms with Crippen molar-refractivity contribution in [2.75, 3.05) is 13.2 Å². The van der Waals surface area contributed by atoms with Crippen molar-refractivity contribution >= 4 is 0 Å². The molecule has 2 aliphatic rings. The van der Waals surface area contributed by atoms with E-state index in [9.17, 15) is 5.53 Å². The smallest absolute Gasteiger partial charge is 0.186 e. The fourth-order valence-electron chi connectivity index (χ4n) is 5.71. The van der Waals surface area contributed by atoms with Gasteiger partial charge in [-0.25, -0.2) is 4.39 Å². The summed E-state index contributed by atoms with van der Waals surface area (Å²) in [4.78, 5) is 3.03. The highest BCUT2D eigenvalue weighted by molar-refractivity contribution is 5.15. The van der Waals surface area contributed by atoms with Crippen molar-refractivity contribution in [2.24, 2.45) is 5.11 Å². The molecule has 2 fully saturated rings. The van der Waals surface area contributed by atoms with E-state index in [-0.39, 0.29) is 39.1 Å². The monoisotopic (exact) mass is 635 g/mol. The van der Waals surface area contributed by atoms with Gasteiger partial charge in [-0.15, -0.1) is 0 Å². The van der Waals surface area contributed by atoms with Gasteiger partial charge in [-0.3, -0.25) is 0 Å². The van der Waals surface area contributed by atoms with Crippen LogP contribution in [-0.4, -0.2) is 68.0 Å². The number of hydrogen-bond acceptors (Lipinski definition) is 8. The van der Waals surface area contributed by atoms with E-state index < -0.39 is 48.7 Å². The maximum absolute atomic E-state index is 16.4. The quantitative estimate of drug-likeness (QED) is 0.104. The summed E-state index contributed by atoms with van der Waals surface area (Å²) in [6.45, 7) is 5.93. The minimum Gasteiger partial charge on any atom is -0.374 e. The van der Waals surface area contributed by atoms with Crippen molar-refractivity contribution in [3.8, 4) is 0 Å². The standard InChI is InChI=1S/C35H42FN3O7/c1-24-31(46-35(2,3)45-24)28(38-39-37)22-43-34-33(42-21-27-17-11-6-12-18-27)32(41-20-26-15-9-5-10-16-26)30(36)29(44-34)23-40-19-25-13-7-4-8-14-25/h4-18,24,28-34H,19-23H2,1-3H3/t24-,28?,29?,30-,31-,32+,33?,34+/m1/s1. The molecule has 0 aliphatic carbocycles. The molecule has 0 bridgehead atoms. The van der Waals surface area contributed by atoms with Crippen LogP contribution in [0, 0.1) is 0 Å². The molecule has 2 saturated heterocycles. The second-order valence-corrected chi connectivity index (χ2v) is 11.9. The Balaban J connectivity index is 1.37. The fraction of sp³-hybridized carbons (Fsp3) is 0.486. The van der Waals surface area contributed by atoms with E-state index >= 15 is 4.39 Å². The van der Waals surface area contributed by atoms with E-state index in [1.807, 2.05) is 97.9 Å². The Morgan fingerprint density at radius 2 is 1.35 bits per heavy atom. The zero-order valence-electron chi connectivity index (χ0n) is 26.4. The molecule has 0 amide bonds. The van der Waals surface area contributed by atoms with Crippen molar-refractivity contribution in [1.29, 1.82) is 0 Å². The summed E-state index contributed by atoms with van der Waals surface area (Å²) in [7, 11) is 0. The van der Waals surface area contributed by atoms with Crippen molar-refractivity contribution in [3.63, 3.8) is 0 Å². The molecule has 0 spiro atoms. The average molecular weight is 636 g/mol. The SMILES string of the molecule is C[C@H]1OC(C)(C)O[C@H]1C(CO[C@H]1OC(COCc2ccccc2)[C@@H](F)[C@H](OCc2ccccc2)C1OCc1ccccc1)N=[N+]=[N-]. The molecule has 3 unspecified atom stereocenters. The lowest BCUT2D eigenvalue weighted by molar-refractivity contribution is -0.313. The minimum absolute atomic E-state index is 0.0445. The molecule has 2 aliphatic heterocycles. The van der Waals surface area contributed by atoms with E-state index in [2.05, 4.69) is 10.0 Å². The summed E-state index contributed by atoms with van der Waals surface area (Å²) in [5.74, 6) is -0.852. The first-order valence-corrected chi connectivity index (χ1v) is 15.6. The normalized spacial score (nSPS) is 28.0. The van der Waals surface area contributed by atoms with Gasteiger partial charge in [-0.2, -0.15) is 0 Å². The Labute approximate surface area is 269 Å². The maximum atomic E-state index is 16.4. The first-order valence-electron chi connectivity index (χ1n) is 15.6. The molecule has 10 nitrogen and oxygen atoms in total. The number of benzene rings is 3. The van der Waals surface area contributed by atoms with Crippen LogP contribution in [0.25, 0.3) is 10.4 Å². The first kappa shape index (κ1) is 34.0. The van der Waals surface area contributed by atoms with Crippen LogP contribution < -0.4 is 0 Å². The lowest BCUT2D eigenvalue weighted by Crippen LogP contribution is -2.60. The number of nitrogens with zero attached hydrogens (tertiary/aromatic N) is 3. The fourth-order valence-corrected chi connectivity index (χ4v) is 5.71. The van der Waals surface area contributed by atoms with Crippen LogP contribution in [0.4, 0.5) is 4.39 Å². The van der Waals surface area contributed by atoms with Crippen LogP contribution in [0.3, 0.4) is 0 Å². The van der Waals surface area contributed by atoms with E-state index in [4.69, 9.17) is 33.2 Å². The summed E-state index contributed by atoms with van der Waals surface area (Å²) in [5, 5.41) is 3.96. The number of rotatable bonds is 15. The molecule has 0 radical (unpaired) electrons. The van der Waals surface area contributed by atoms with Gasteiger partial charge in [0.15, 0.2) is 18.2 Å². The van der Waals surface area contributed by atoms with Gasteiger partial charge >= 0.3 is 0 Å². The van der Waals surface area contributed by atoms with Crippen molar-refractivity contribution < 1.29 is 37.5 Å². The topological polar surface area (TPSA) is 113 Å². The Hall–Kier alpha value is -3.38. The van der Waals surface area contributed by atoms with Crippen LogP contribution in [0.1, 0.15) is 37.5 Å². The molecule has 3 aromatic rings. The maximum Gasteiger partial charge on any atom is 0.186 e. The third-order valence-corrected chi connectivity index (χ3v) is 7.90. The third kappa shape index (κ3) is 9.34. The number of halogens is 1. The van der Waals surface area contributed by atoms with Crippen LogP contribution >= 0.6 is 0 Å². The predicted octanol–water partition coefficient (Wildman–Crippen LogP) is 6.67. The minimum atomic E-state index is -1.60. The molecule has 0 saturated carbocycles. The van der Waals surface area contributed by atoms with Crippen LogP contribution in [-0.2, 0) is 53.0 Å². The Kier molecular flexibility index (Phi) is 12.1. The number of ether oxygens (including phenoxy) is 7. The van der Waals surface area contributed by atoms with Gasteiger partial charge in [-0.1, -0.05) is 96.1 Å². The zero-order chi connectivity index (χ0) is 32.4. The van der Waals surface area contributed by atoms with Crippen molar-refractivity contribution in [3.05, 3.63) is 118 Å². The third-order valence-electron chi connectivity index (χ3n) is 7.90. The van der Waals surface area contributed by atoms with Gasteiger partial charge in [0.2, 0.25) is 0 Å². The number of azide groups is 1. The predicted molar refractivity (Wildman–Crippen MR) is 168 cm³/mol. The molecular formula is C35H42FN3O7. The molecule has 5 rings (SSSR count). The molecule has 0 aromatic heterocycles. The number of alkyl halides is 1. The van der Waals surface area contributed by atoms with Crippen LogP contribution in [0.15, 0.2) is 96.1 Å². The Morgan fingerprint density at radius 1 is 0.804 bits per heavy atom. The van der Waals surface area contributed by atoms with E-state index in [0.29, 0.717) is 0 Å². The second kappa shape index (κ2) is 16.4. The lowest BCUT2D eigenvalue weighted by atomic mass is 9.99. The summed E-state index contributed by atoms with van der Waals surface area (Å²) in [6.07, 6.45) is -6.65. The molecular weight excluding hydrogens is 593 g/mol.